The average molecular weight is 242 g/mol. The van der Waals surface area contributed by atoms with Gasteiger partial charge in [-0.2, -0.15) is 0 Å². The lowest BCUT2D eigenvalue weighted by atomic mass is 9.78. The molecule has 1 atom stereocenters. The van der Waals surface area contributed by atoms with E-state index in [-0.39, 0.29) is 11.5 Å². The molecular formula is C13H22O4. The van der Waals surface area contributed by atoms with Crippen molar-refractivity contribution in [3.63, 3.8) is 0 Å². The number of ketones is 1. The fourth-order valence-electron chi connectivity index (χ4n) is 2.80. The zero-order valence-electron chi connectivity index (χ0n) is 10.6. The summed E-state index contributed by atoms with van der Waals surface area (Å²) in [6, 6.07) is 0. The van der Waals surface area contributed by atoms with Gasteiger partial charge >= 0.3 is 0 Å². The molecule has 1 unspecified atom stereocenters. The number of ether oxygens (including phenoxy) is 3. The maximum absolute atomic E-state index is 12.0. The Labute approximate surface area is 103 Å². The van der Waals surface area contributed by atoms with Crippen molar-refractivity contribution in [2.24, 2.45) is 5.92 Å². The van der Waals surface area contributed by atoms with Gasteiger partial charge in [-0.05, 0) is 25.7 Å². The van der Waals surface area contributed by atoms with E-state index in [1.165, 1.54) is 0 Å². The number of carbonyl (C=O) groups is 1. The Morgan fingerprint density at radius 2 is 2.12 bits per heavy atom. The molecule has 0 aromatic carbocycles. The number of hydrogen-bond donors (Lipinski definition) is 0. The van der Waals surface area contributed by atoms with Gasteiger partial charge in [-0.3, -0.25) is 4.79 Å². The van der Waals surface area contributed by atoms with Crippen LogP contribution in [0.4, 0.5) is 0 Å². The molecule has 2 heterocycles. The highest BCUT2D eigenvalue weighted by molar-refractivity contribution is 5.81. The summed E-state index contributed by atoms with van der Waals surface area (Å²) in [5, 5.41) is 0. The monoisotopic (exact) mass is 242 g/mol. The van der Waals surface area contributed by atoms with Gasteiger partial charge in [0.2, 0.25) is 0 Å². The van der Waals surface area contributed by atoms with Crippen LogP contribution in [-0.2, 0) is 19.0 Å². The molecule has 0 bridgehead atoms. The summed E-state index contributed by atoms with van der Waals surface area (Å²) >= 11 is 0. The Kier molecular flexibility index (Phi) is 4.54. The van der Waals surface area contributed by atoms with E-state index in [9.17, 15) is 4.79 Å². The van der Waals surface area contributed by atoms with Crippen LogP contribution < -0.4 is 0 Å². The van der Waals surface area contributed by atoms with Crippen molar-refractivity contribution in [2.45, 2.75) is 37.7 Å². The fourth-order valence-corrected chi connectivity index (χ4v) is 2.80. The van der Waals surface area contributed by atoms with E-state index in [1.54, 1.807) is 7.11 Å². The molecule has 2 fully saturated rings. The Balaban J connectivity index is 1.89. The lowest BCUT2D eigenvalue weighted by Crippen LogP contribution is -2.46. The van der Waals surface area contributed by atoms with Crippen LogP contribution in [0.15, 0.2) is 0 Å². The second-order valence-corrected chi connectivity index (χ2v) is 5.04. The third kappa shape index (κ3) is 3.27. The molecule has 98 valence electrons. The van der Waals surface area contributed by atoms with E-state index in [2.05, 4.69) is 0 Å². The third-order valence-corrected chi connectivity index (χ3v) is 3.90. The largest absolute Gasteiger partial charge is 0.384 e. The van der Waals surface area contributed by atoms with Crippen LogP contribution in [0.1, 0.15) is 32.1 Å². The zero-order chi connectivity index (χ0) is 12.1. The summed E-state index contributed by atoms with van der Waals surface area (Å²) in [4.78, 5) is 12.0. The van der Waals surface area contributed by atoms with Crippen LogP contribution in [0.5, 0.6) is 0 Å². The minimum absolute atomic E-state index is 0.0795. The highest BCUT2D eigenvalue weighted by Gasteiger charge is 2.40. The molecule has 2 rings (SSSR count). The van der Waals surface area contributed by atoms with Crippen LogP contribution in [0, 0.1) is 5.92 Å². The summed E-state index contributed by atoms with van der Waals surface area (Å²) in [7, 11) is 1.64. The molecule has 0 aliphatic carbocycles. The predicted octanol–water partition coefficient (Wildman–Crippen LogP) is 1.57. The second-order valence-electron chi connectivity index (χ2n) is 5.04. The first-order chi connectivity index (χ1) is 8.26. The van der Waals surface area contributed by atoms with E-state index in [0.717, 1.165) is 38.9 Å². The van der Waals surface area contributed by atoms with Gasteiger partial charge in [0.15, 0.2) is 0 Å². The molecule has 0 N–H and O–H groups in total. The van der Waals surface area contributed by atoms with E-state index >= 15 is 0 Å². The van der Waals surface area contributed by atoms with Crippen molar-refractivity contribution in [1.82, 2.24) is 0 Å². The molecule has 0 radical (unpaired) electrons. The Hall–Kier alpha value is -0.450. The highest BCUT2D eigenvalue weighted by atomic mass is 16.5. The molecule has 1 spiro atoms. The van der Waals surface area contributed by atoms with Gasteiger partial charge in [0.05, 0.1) is 12.2 Å². The average Bonchev–Trinajstić information content (AvgIpc) is 2.37. The van der Waals surface area contributed by atoms with Gasteiger partial charge < -0.3 is 14.2 Å². The van der Waals surface area contributed by atoms with Gasteiger partial charge in [-0.1, -0.05) is 0 Å². The highest BCUT2D eigenvalue weighted by Crippen LogP contribution is 2.37. The second kappa shape index (κ2) is 5.94. The first kappa shape index (κ1) is 13.0. The fraction of sp³-hybridized carbons (Fsp3) is 0.923. The molecule has 0 aromatic rings. The SMILES string of the molecule is COCCC(=O)C1CCOC2(CCOCC2)C1. The summed E-state index contributed by atoms with van der Waals surface area (Å²) in [6.07, 6.45) is 4.14. The number of Topliss-reactive ketones (excluding diaryl/α,β-unsaturated/α-hetero) is 1. The summed E-state index contributed by atoms with van der Waals surface area (Å²) in [5.74, 6) is 0.498. The summed E-state index contributed by atoms with van der Waals surface area (Å²) < 4.78 is 16.3. The first-order valence-electron chi connectivity index (χ1n) is 6.49. The molecule has 0 aromatic heterocycles. The number of rotatable bonds is 4. The molecule has 2 aliphatic rings. The van der Waals surface area contributed by atoms with Crippen molar-refractivity contribution in [1.29, 1.82) is 0 Å². The van der Waals surface area contributed by atoms with Crippen molar-refractivity contribution < 1.29 is 19.0 Å². The first-order valence-corrected chi connectivity index (χ1v) is 6.49. The van der Waals surface area contributed by atoms with Crippen molar-refractivity contribution >= 4 is 5.78 Å². The minimum atomic E-state index is -0.0795. The van der Waals surface area contributed by atoms with E-state index in [0.29, 0.717) is 25.4 Å². The van der Waals surface area contributed by atoms with Crippen LogP contribution in [0.3, 0.4) is 0 Å². The van der Waals surface area contributed by atoms with Gasteiger partial charge in [-0.15, -0.1) is 0 Å². The van der Waals surface area contributed by atoms with E-state index in [1.807, 2.05) is 0 Å². The number of carbonyl (C=O) groups excluding carboxylic acids is 1. The minimum Gasteiger partial charge on any atom is -0.384 e. The Bertz CT molecular complexity index is 253. The smallest absolute Gasteiger partial charge is 0.138 e. The standard InChI is InChI=1S/C13H22O4/c1-15-6-3-12(14)11-2-7-17-13(10-11)4-8-16-9-5-13/h11H,2-10H2,1H3. The van der Waals surface area contributed by atoms with Crippen LogP contribution in [0.2, 0.25) is 0 Å². The van der Waals surface area contributed by atoms with Gasteiger partial charge in [0, 0.05) is 39.3 Å². The Morgan fingerprint density at radius 3 is 2.82 bits per heavy atom. The normalized spacial score (nSPS) is 28.2. The molecule has 2 saturated heterocycles. The number of methoxy groups -OCH3 is 1. The molecule has 17 heavy (non-hydrogen) atoms. The zero-order valence-corrected chi connectivity index (χ0v) is 10.6. The lowest BCUT2D eigenvalue weighted by Gasteiger charge is -2.42. The predicted molar refractivity (Wildman–Crippen MR) is 63.0 cm³/mol. The van der Waals surface area contributed by atoms with Crippen LogP contribution in [0.25, 0.3) is 0 Å². The summed E-state index contributed by atoms with van der Waals surface area (Å²) in [6.45, 7) is 2.77. The Morgan fingerprint density at radius 1 is 1.35 bits per heavy atom. The molecule has 4 nitrogen and oxygen atoms in total. The van der Waals surface area contributed by atoms with E-state index < -0.39 is 0 Å². The third-order valence-electron chi connectivity index (χ3n) is 3.90. The van der Waals surface area contributed by atoms with Crippen molar-refractivity contribution in [3.05, 3.63) is 0 Å². The topological polar surface area (TPSA) is 44.8 Å². The van der Waals surface area contributed by atoms with Crippen molar-refractivity contribution in [3.8, 4) is 0 Å². The van der Waals surface area contributed by atoms with Gasteiger partial charge in [0.25, 0.3) is 0 Å². The maximum atomic E-state index is 12.0. The van der Waals surface area contributed by atoms with E-state index in [4.69, 9.17) is 14.2 Å². The van der Waals surface area contributed by atoms with Crippen LogP contribution in [-0.4, -0.2) is 44.9 Å². The lowest BCUT2D eigenvalue weighted by molar-refractivity contribution is -0.157. The van der Waals surface area contributed by atoms with Gasteiger partial charge in [-0.25, -0.2) is 0 Å². The molecular weight excluding hydrogens is 220 g/mol. The molecule has 0 amide bonds. The molecule has 4 heteroatoms. The quantitative estimate of drug-likeness (QED) is 0.750. The molecule has 2 aliphatic heterocycles. The molecule has 0 saturated carbocycles. The maximum Gasteiger partial charge on any atom is 0.138 e. The van der Waals surface area contributed by atoms with Crippen LogP contribution >= 0.6 is 0 Å². The van der Waals surface area contributed by atoms with Gasteiger partial charge in [0.1, 0.15) is 5.78 Å². The number of hydrogen-bond acceptors (Lipinski definition) is 4. The summed E-state index contributed by atoms with van der Waals surface area (Å²) in [5.41, 5.74) is -0.0795. The van der Waals surface area contributed by atoms with Crippen molar-refractivity contribution in [2.75, 3.05) is 33.5 Å².